The number of rotatable bonds is 0. The molecule has 11 atom stereocenters. The molecule has 0 aromatic rings. The van der Waals surface area contributed by atoms with Crippen LogP contribution in [0.4, 0.5) is 0 Å². The Kier molecular flexibility index (Phi) is 2.73. The van der Waals surface area contributed by atoms with Crippen LogP contribution in [-0.4, -0.2) is 22.8 Å². The van der Waals surface area contributed by atoms with E-state index in [0.29, 0.717) is 17.6 Å². The Balaban J connectivity index is 1.33. The molecule has 0 radical (unpaired) electrons. The van der Waals surface area contributed by atoms with Gasteiger partial charge >= 0.3 is 0 Å². The molecular weight excluding hydrogens is 336 g/mol. The highest BCUT2D eigenvalue weighted by atomic mass is 16.6. The summed E-state index contributed by atoms with van der Waals surface area (Å²) < 4.78 is 6.41. The molecule has 27 heavy (non-hydrogen) atoms. The van der Waals surface area contributed by atoms with E-state index in [-0.39, 0.29) is 16.4 Å². The van der Waals surface area contributed by atoms with E-state index in [2.05, 4.69) is 19.9 Å². The Morgan fingerprint density at radius 2 is 1.93 bits per heavy atom. The molecule has 0 amide bonds. The van der Waals surface area contributed by atoms with Gasteiger partial charge in [0.2, 0.25) is 0 Å². The first kappa shape index (κ1) is 16.2. The van der Waals surface area contributed by atoms with E-state index >= 15 is 0 Å². The molecule has 3 heteroatoms. The predicted molar refractivity (Wildman–Crippen MR) is 100 cm³/mol. The van der Waals surface area contributed by atoms with Crippen molar-refractivity contribution in [1.82, 2.24) is 0 Å². The van der Waals surface area contributed by atoms with Crippen LogP contribution in [-0.2, 0) is 9.53 Å². The van der Waals surface area contributed by atoms with E-state index in [9.17, 15) is 9.90 Å². The van der Waals surface area contributed by atoms with E-state index in [1.54, 1.807) is 5.57 Å². The summed E-state index contributed by atoms with van der Waals surface area (Å²) in [4.78, 5) is 12.2. The Hall–Kier alpha value is -0.670. The number of allylic oxidation sites excluding steroid dienone is 1. The van der Waals surface area contributed by atoms with Gasteiger partial charge in [-0.05, 0) is 91.4 Å². The largest absolute Gasteiger partial charge is 0.368 e. The number of aliphatic hydroxyl groups excluding tert-OH is 1. The number of ketones is 1. The molecular formula is C24H32O3. The normalized spacial score (nSPS) is 65.0. The molecule has 0 bridgehead atoms. The van der Waals surface area contributed by atoms with E-state index in [4.69, 9.17) is 4.74 Å². The van der Waals surface area contributed by atoms with Crippen molar-refractivity contribution >= 4 is 5.78 Å². The van der Waals surface area contributed by atoms with Gasteiger partial charge in [-0.15, -0.1) is 0 Å². The molecule has 5 saturated carbocycles. The fraction of sp³-hybridized carbons (Fsp3) is 0.875. The van der Waals surface area contributed by atoms with E-state index < -0.39 is 6.29 Å². The van der Waals surface area contributed by atoms with Crippen LogP contribution in [0.1, 0.15) is 65.2 Å². The number of aliphatic hydroxyl groups is 1. The molecule has 1 N–H and O–H groups in total. The summed E-state index contributed by atoms with van der Waals surface area (Å²) in [6, 6.07) is 0. The number of hydrogen-bond acceptors (Lipinski definition) is 3. The number of hydrogen-bond donors (Lipinski definition) is 1. The quantitative estimate of drug-likeness (QED) is 0.700. The minimum absolute atomic E-state index is 0.0311. The predicted octanol–water partition coefficient (Wildman–Crippen LogP) is 4.10. The lowest BCUT2D eigenvalue weighted by atomic mass is 9.45. The third-order valence-electron chi connectivity index (χ3n) is 11.0. The molecule has 0 aromatic heterocycles. The van der Waals surface area contributed by atoms with E-state index in [1.165, 1.54) is 25.7 Å². The van der Waals surface area contributed by atoms with Crippen molar-refractivity contribution < 1.29 is 14.6 Å². The van der Waals surface area contributed by atoms with Crippen molar-refractivity contribution in [2.45, 2.75) is 77.1 Å². The van der Waals surface area contributed by atoms with Gasteiger partial charge in [0.1, 0.15) is 0 Å². The molecule has 1 spiro atoms. The van der Waals surface area contributed by atoms with Gasteiger partial charge < -0.3 is 9.84 Å². The Morgan fingerprint density at radius 1 is 1.07 bits per heavy atom. The third-order valence-corrected chi connectivity index (χ3v) is 11.0. The van der Waals surface area contributed by atoms with Crippen molar-refractivity contribution in [3.8, 4) is 0 Å². The van der Waals surface area contributed by atoms with E-state index in [0.717, 1.165) is 55.3 Å². The minimum atomic E-state index is -0.531. The molecule has 1 heterocycles. The van der Waals surface area contributed by atoms with Crippen LogP contribution < -0.4 is 0 Å². The zero-order valence-electron chi connectivity index (χ0n) is 16.6. The molecule has 7 aliphatic rings. The number of ether oxygens (including phenoxy) is 1. The van der Waals surface area contributed by atoms with Crippen LogP contribution in [0.5, 0.6) is 0 Å². The van der Waals surface area contributed by atoms with Gasteiger partial charge in [0, 0.05) is 18.3 Å². The van der Waals surface area contributed by atoms with Crippen molar-refractivity contribution in [2.24, 2.45) is 52.3 Å². The third kappa shape index (κ3) is 1.65. The van der Waals surface area contributed by atoms with Crippen molar-refractivity contribution in [3.63, 3.8) is 0 Å². The Bertz CT molecular complexity index is 786. The fourth-order valence-corrected chi connectivity index (χ4v) is 9.88. The topological polar surface area (TPSA) is 46.5 Å². The number of carbonyl (C=O) groups excluding carboxylic acids is 1. The van der Waals surface area contributed by atoms with Crippen molar-refractivity contribution in [2.75, 3.05) is 0 Å². The highest BCUT2D eigenvalue weighted by Crippen LogP contribution is 2.82. The molecule has 0 aromatic carbocycles. The molecule has 4 unspecified atom stereocenters. The summed E-state index contributed by atoms with van der Waals surface area (Å²) in [5, 5.41) is 10.2. The molecule has 6 aliphatic carbocycles. The number of carbonyl (C=O) groups is 1. The molecule has 1 aliphatic heterocycles. The Morgan fingerprint density at radius 3 is 2.70 bits per heavy atom. The van der Waals surface area contributed by atoms with Gasteiger partial charge in [-0.3, -0.25) is 4.79 Å². The first-order valence-electron chi connectivity index (χ1n) is 11.5. The van der Waals surface area contributed by atoms with Crippen LogP contribution in [0.3, 0.4) is 0 Å². The minimum Gasteiger partial charge on any atom is -0.368 e. The van der Waals surface area contributed by atoms with Gasteiger partial charge in [0.05, 0.1) is 5.60 Å². The second-order valence-corrected chi connectivity index (χ2v) is 11.7. The second-order valence-electron chi connectivity index (χ2n) is 11.7. The maximum Gasteiger partial charge on any atom is 0.155 e. The summed E-state index contributed by atoms with van der Waals surface area (Å²) in [5.41, 5.74) is 2.04. The first-order valence-corrected chi connectivity index (χ1v) is 11.5. The van der Waals surface area contributed by atoms with Gasteiger partial charge in [-0.25, -0.2) is 0 Å². The average Bonchev–Trinajstić information content (AvgIpc) is 3.53. The first-order chi connectivity index (χ1) is 12.9. The van der Waals surface area contributed by atoms with Crippen LogP contribution in [0.25, 0.3) is 0 Å². The van der Waals surface area contributed by atoms with Crippen LogP contribution in [0.2, 0.25) is 0 Å². The highest BCUT2D eigenvalue weighted by molar-refractivity contribution is 5.92. The monoisotopic (exact) mass is 368 g/mol. The second kappa shape index (κ2) is 4.56. The molecule has 3 nitrogen and oxygen atoms in total. The lowest BCUT2D eigenvalue weighted by Gasteiger charge is -2.60. The summed E-state index contributed by atoms with van der Waals surface area (Å²) in [5.74, 6) is 5.84. The zero-order valence-corrected chi connectivity index (χ0v) is 16.6. The molecule has 1 saturated heterocycles. The van der Waals surface area contributed by atoms with Crippen LogP contribution in [0.15, 0.2) is 11.6 Å². The van der Waals surface area contributed by atoms with Crippen LogP contribution in [0, 0.1) is 52.3 Å². The fourth-order valence-electron chi connectivity index (χ4n) is 9.88. The number of fused-ring (bicyclic) bond motifs is 12. The highest BCUT2D eigenvalue weighted by Gasteiger charge is 2.80. The summed E-state index contributed by atoms with van der Waals surface area (Å²) in [6.45, 7) is 5.04. The SMILES string of the molecule is C[C@]12CCC(=O)C=C1[C@@H]1C[C@@H]1C1C2CC[C@@]2(C)C1[C@@H]1C[C@@H]1[C@@]21CCC(O)O1. The van der Waals surface area contributed by atoms with Crippen molar-refractivity contribution in [1.29, 1.82) is 0 Å². The average molecular weight is 369 g/mol. The van der Waals surface area contributed by atoms with Crippen LogP contribution >= 0.6 is 0 Å². The van der Waals surface area contributed by atoms with Gasteiger partial charge in [0.25, 0.3) is 0 Å². The smallest absolute Gasteiger partial charge is 0.155 e. The standard InChI is InChI=1S/C24H32O3/c1-22-6-3-12(25)9-17(22)13-10-14(13)20-16(22)4-7-23(2)21(20)15-11-18(15)24(23)8-5-19(26)27-24/h9,13-16,18-21,26H,3-8,10-11H2,1-2H3/t13-,14+,15-,16?,18+,19?,20?,21?,22-,23+,24+/m1/s1. The summed E-state index contributed by atoms with van der Waals surface area (Å²) >= 11 is 0. The molecule has 146 valence electrons. The molecule has 7 rings (SSSR count). The zero-order chi connectivity index (χ0) is 18.3. The maximum atomic E-state index is 12.2. The lowest BCUT2D eigenvalue weighted by Crippen LogP contribution is -2.57. The van der Waals surface area contributed by atoms with Gasteiger partial charge in [-0.1, -0.05) is 19.4 Å². The molecule has 6 fully saturated rings. The van der Waals surface area contributed by atoms with Gasteiger partial charge in [0.15, 0.2) is 12.1 Å². The van der Waals surface area contributed by atoms with Gasteiger partial charge in [-0.2, -0.15) is 0 Å². The summed E-state index contributed by atoms with van der Waals surface area (Å²) in [7, 11) is 0. The summed E-state index contributed by atoms with van der Waals surface area (Å²) in [6.07, 6.45) is 10.5. The van der Waals surface area contributed by atoms with Crippen molar-refractivity contribution in [3.05, 3.63) is 11.6 Å². The maximum absolute atomic E-state index is 12.2. The lowest BCUT2D eigenvalue weighted by molar-refractivity contribution is -0.210. The Labute approximate surface area is 161 Å². The van der Waals surface area contributed by atoms with E-state index in [1.807, 2.05) is 0 Å².